The molecule has 0 saturated carbocycles. The molecule has 2 rings (SSSR count). The fraction of sp³-hybridized carbons (Fsp3) is 0.143. The van der Waals surface area contributed by atoms with Gasteiger partial charge in [0.05, 0.1) is 16.6 Å². The highest BCUT2D eigenvalue weighted by Gasteiger charge is 2.34. The van der Waals surface area contributed by atoms with Crippen molar-refractivity contribution in [3.63, 3.8) is 0 Å². The van der Waals surface area contributed by atoms with Crippen LogP contribution in [0.25, 0.3) is 0 Å². The van der Waals surface area contributed by atoms with E-state index >= 15 is 0 Å². The summed E-state index contributed by atoms with van der Waals surface area (Å²) in [6.07, 6.45) is -4.79. The van der Waals surface area contributed by atoms with Gasteiger partial charge in [0.25, 0.3) is 0 Å². The van der Waals surface area contributed by atoms with Crippen molar-refractivity contribution < 1.29 is 22.0 Å². The van der Waals surface area contributed by atoms with Crippen molar-refractivity contribution in [1.29, 1.82) is 0 Å². The molecule has 1 atom stereocenters. The third kappa shape index (κ3) is 3.16. The van der Waals surface area contributed by atoms with E-state index in [9.17, 15) is 22.0 Å². The Hall–Kier alpha value is -1.66. The molecule has 0 aliphatic heterocycles. The van der Waals surface area contributed by atoms with Crippen molar-refractivity contribution in [3.8, 4) is 0 Å². The van der Waals surface area contributed by atoms with Crippen molar-refractivity contribution >= 4 is 11.6 Å². The molecule has 0 aliphatic carbocycles. The van der Waals surface area contributed by atoms with Gasteiger partial charge in [0.1, 0.15) is 11.6 Å². The standard InChI is InChI=1S/C14H9ClF5N/c15-12-8(2-1-3-10(12)16)13(21)7-4-5-9(11(17)6-7)14(18,19)20/h1-6,13H,21H2. The third-order valence-corrected chi connectivity index (χ3v) is 3.37. The molecule has 21 heavy (non-hydrogen) atoms. The van der Waals surface area contributed by atoms with E-state index in [1.165, 1.54) is 12.1 Å². The van der Waals surface area contributed by atoms with Crippen LogP contribution < -0.4 is 5.73 Å². The first kappa shape index (κ1) is 15.7. The average molecular weight is 322 g/mol. The number of halogens is 6. The molecule has 1 nitrogen and oxygen atoms in total. The van der Waals surface area contributed by atoms with Crippen molar-refractivity contribution in [2.24, 2.45) is 5.73 Å². The summed E-state index contributed by atoms with van der Waals surface area (Å²) in [6, 6.07) is 5.17. The maximum absolute atomic E-state index is 13.5. The fourth-order valence-electron chi connectivity index (χ4n) is 1.89. The summed E-state index contributed by atoms with van der Waals surface area (Å²) in [7, 11) is 0. The van der Waals surface area contributed by atoms with Crippen LogP contribution in [0.1, 0.15) is 22.7 Å². The SMILES string of the molecule is NC(c1ccc(C(F)(F)F)c(F)c1)c1cccc(F)c1Cl. The Balaban J connectivity index is 2.43. The number of alkyl halides is 3. The number of nitrogens with two attached hydrogens (primary N) is 1. The maximum atomic E-state index is 13.5. The molecule has 0 spiro atoms. The molecule has 2 aromatic carbocycles. The molecule has 0 amide bonds. The van der Waals surface area contributed by atoms with Gasteiger partial charge in [-0.3, -0.25) is 0 Å². The lowest BCUT2D eigenvalue weighted by atomic mass is 9.98. The van der Waals surface area contributed by atoms with Gasteiger partial charge in [0.15, 0.2) is 0 Å². The molecule has 2 N–H and O–H groups in total. The van der Waals surface area contributed by atoms with Gasteiger partial charge in [-0.25, -0.2) is 8.78 Å². The fourth-order valence-corrected chi connectivity index (χ4v) is 2.14. The van der Waals surface area contributed by atoms with Crippen LogP contribution in [0.15, 0.2) is 36.4 Å². The molecule has 0 radical (unpaired) electrons. The summed E-state index contributed by atoms with van der Waals surface area (Å²) in [4.78, 5) is 0. The van der Waals surface area contributed by atoms with Crippen LogP contribution in [0.2, 0.25) is 5.02 Å². The highest BCUT2D eigenvalue weighted by atomic mass is 35.5. The van der Waals surface area contributed by atoms with Crippen LogP contribution in [0, 0.1) is 11.6 Å². The molecule has 0 aliphatic rings. The Morgan fingerprint density at radius 3 is 2.24 bits per heavy atom. The van der Waals surface area contributed by atoms with E-state index in [0.29, 0.717) is 12.1 Å². The molecule has 7 heteroatoms. The molecule has 0 heterocycles. The van der Waals surface area contributed by atoms with Crippen LogP contribution >= 0.6 is 11.6 Å². The Morgan fingerprint density at radius 1 is 1.00 bits per heavy atom. The lowest BCUT2D eigenvalue weighted by Gasteiger charge is -2.16. The Labute approximate surface area is 122 Å². The lowest BCUT2D eigenvalue weighted by molar-refractivity contribution is -0.140. The maximum Gasteiger partial charge on any atom is 0.419 e. The Morgan fingerprint density at radius 2 is 1.67 bits per heavy atom. The van der Waals surface area contributed by atoms with Crippen molar-refractivity contribution in [1.82, 2.24) is 0 Å². The van der Waals surface area contributed by atoms with E-state index < -0.39 is 29.4 Å². The van der Waals surface area contributed by atoms with Crippen LogP contribution in [-0.2, 0) is 6.18 Å². The second-order valence-corrected chi connectivity index (χ2v) is 4.74. The predicted octanol–water partition coefficient (Wildman–Crippen LogP) is 4.69. The first-order chi connectivity index (χ1) is 9.71. The number of rotatable bonds is 2. The Kier molecular flexibility index (Phi) is 4.20. The summed E-state index contributed by atoms with van der Waals surface area (Å²) < 4.78 is 64.3. The van der Waals surface area contributed by atoms with Crippen LogP contribution in [0.5, 0.6) is 0 Å². The Bertz CT molecular complexity index is 669. The summed E-state index contributed by atoms with van der Waals surface area (Å²) >= 11 is 5.75. The van der Waals surface area contributed by atoms with E-state index in [1.54, 1.807) is 0 Å². The van der Waals surface area contributed by atoms with Gasteiger partial charge in [-0.1, -0.05) is 29.8 Å². The molecular formula is C14H9ClF5N. The van der Waals surface area contributed by atoms with Crippen molar-refractivity contribution in [3.05, 3.63) is 69.7 Å². The van der Waals surface area contributed by atoms with E-state index in [4.69, 9.17) is 17.3 Å². The number of hydrogen-bond donors (Lipinski definition) is 1. The number of hydrogen-bond acceptors (Lipinski definition) is 1. The van der Waals surface area contributed by atoms with Crippen LogP contribution in [0.4, 0.5) is 22.0 Å². The minimum Gasteiger partial charge on any atom is -0.320 e. The topological polar surface area (TPSA) is 26.0 Å². The molecule has 112 valence electrons. The summed E-state index contributed by atoms with van der Waals surface area (Å²) in [6.45, 7) is 0. The van der Waals surface area contributed by atoms with E-state index in [2.05, 4.69) is 0 Å². The largest absolute Gasteiger partial charge is 0.419 e. The highest BCUT2D eigenvalue weighted by Crippen LogP contribution is 2.34. The lowest BCUT2D eigenvalue weighted by Crippen LogP contribution is -2.15. The van der Waals surface area contributed by atoms with Crippen molar-refractivity contribution in [2.45, 2.75) is 12.2 Å². The minimum absolute atomic E-state index is 0.0630. The molecule has 0 saturated heterocycles. The molecule has 1 unspecified atom stereocenters. The van der Waals surface area contributed by atoms with Gasteiger partial charge in [-0.05, 0) is 29.3 Å². The average Bonchev–Trinajstić information content (AvgIpc) is 2.39. The summed E-state index contributed by atoms with van der Waals surface area (Å²) in [5.41, 5.74) is 4.66. The van der Waals surface area contributed by atoms with E-state index in [1.807, 2.05) is 0 Å². The first-order valence-electron chi connectivity index (χ1n) is 5.78. The van der Waals surface area contributed by atoms with Crippen LogP contribution in [-0.4, -0.2) is 0 Å². The van der Waals surface area contributed by atoms with Gasteiger partial charge in [-0.2, -0.15) is 13.2 Å². The smallest absolute Gasteiger partial charge is 0.320 e. The van der Waals surface area contributed by atoms with Crippen molar-refractivity contribution in [2.75, 3.05) is 0 Å². The molecular weight excluding hydrogens is 313 g/mol. The van der Waals surface area contributed by atoms with Crippen LogP contribution in [0.3, 0.4) is 0 Å². The second kappa shape index (κ2) is 5.61. The summed E-state index contributed by atoms with van der Waals surface area (Å²) in [5.74, 6) is -2.15. The molecule has 2 aromatic rings. The van der Waals surface area contributed by atoms with E-state index in [-0.39, 0.29) is 16.1 Å². The van der Waals surface area contributed by atoms with Gasteiger partial charge in [0.2, 0.25) is 0 Å². The number of benzene rings is 2. The molecule has 0 fully saturated rings. The quantitative estimate of drug-likeness (QED) is 0.798. The highest BCUT2D eigenvalue weighted by molar-refractivity contribution is 6.31. The first-order valence-corrected chi connectivity index (χ1v) is 6.15. The monoisotopic (exact) mass is 321 g/mol. The molecule has 0 aromatic heterocycles. The van der Waals surface area contributed by atoms with Gasteiger partial charge in [0, 0.05) is 0 Å². The minimum atomic E-state index is -4.79. The normalized spacial score (nSPS) is 13.3. The predicted molar refractivity (Wildman–Crippen MR) is 68.8 cm³/mol. The zero-order valence-corrected chi connectivity index (χ0v) is 11.1. The summed E-state index contributed by atoms with van der Waals surface area (Å²) in [5, 5.41) is -0.245. The van der Waals surface area contributed by atoms with Gasteiger partial charge >= 0.3 is 6.18 Å². The third-order valence-electron chi connectivity index (χ3n) is 2.97. The zero-order valence-electron chi connectivity index (χ0n) is 10.4. The molecule has 0 bridgehead atoms. The zero-order chi connectivity index (χ0) is 15.8. The van der Waals surface area contributed by atoms with E-state index in [0.717, 1.165) is 12.1 Å². The second-order valence-electron chi connectivity index (χ2n) is 4.36. The van der Waals surface area contributed by atoms with Gasteiger partial charge < -0.3 is 5.73 Å². The van der Waals surface area contributed by atoms with Gasteiger partial charge in [-0.15, -0.1) is 0 Å².